The number of nitrogens with one attached hydrogen (secondary N) is 1. The van der Waals surface area contributed by atoms with Crippen molar-refractivity contribution in [2.24, 2.45) is 0 Å². The highest BCUT2D eigenvalue weighted by atomic mass is 32.2. The molecule has 1 N–H and O–H groups in total. The topological polar surface area (TPSA) is 120 Å². The van der Waals surface area contributed by atoms with Gasteiger partial charge >= 0.3 is 0 Å². The molecule has 2 saturated carbocycles. The molecule has 0 radical (unpaired) electrons. The molecule has 2 fully saturated rings. The van der Waals surface area contributed by atoms with Crippen molar-refractivity contribution in [1.82, 2.24) is 33.7 Å². The SMILES string of the molecule is CC(C)n1c(C2CC2)nc2cnc(Nc3ccnc(-c4cnn(S(=O)(=O)C5CC5)c4)n3)cc21. The monoisotopic (exact) mass is 464 g/mol. The van der Waals surface area contributed by atoms with Gasteiger partial charge in [-0.3, -0.25) is 0 Å². The second kappa shape index (κ2) is 7.34. The third-order valence-electron chi connectivity index (χ3n) is 6.00. The minimum atomic E-state index is -3.43. The summed E-state index contributed by atoms with van der Waals surface area (Å²) in [7, 11) is -3.43. The van der Waals surface area contributed by atoms with Gasteiger partial charge in [-0.15, -0.1) is 0 Å². The molecule has 33 heavy (non-hydrogen) atoms. The van der Waals surface area contributed by atoms with Crippen molar-refractivity contribution >= 4 is 32.7 Å². The van der Waals surface area contributed by atoms with Crippen molar-refractivity contribution in [3.63, 3.8) is 0 Å². The Balaban J connectivity index is 1.29. The van der Waals surface area contributed by atoms with Gasteiger partial charge in [-0.25, -0.2) is 28.4 Å². The van der Waals surface area contributed by atoms with E-state index >= 15 is 0 Å². The standard InChI is InChI=1S/C22H24N8O2S/c1-13(2)30-18-9-20(24-11-17(18)26-22(30)14-3-4-14)27-19-7-8-23-21(28-19)15-10-25-29(12-15)33(31,32)16-5-6-16/h7-14,16H,3-6H2,1-2H3,(H,23,24,27,28). The highest BCUT2D eigenvalue weighted by Crippen LogP contribution is 2.42. The molecule has 4 aromatic rings. The summed E-state index contributed by atoms with van der Waals surface area (Å²) in [5.41, 5.74) is 2.48. The lowest BCUT2D eigenvalue weighted by atomic mass is 10.3. The van der Waals surface area contributed by atoms with Gasteiger partial charge in [0.2, 0.25) is 0 Å². The number of hydrogen-bond acceptors (Lipinski definition) is 8. The van der Waals surface area contributed by atoms with E-state index in [2.05, 4.69) is 43.8 Å². The number of hydrogen-bond donors (Lipinski definition) is 1. The summed E-state index contributed by atoms with van der Waals surface area (Å²) in [6, 6.07) is 4.04. The molecule has 0 atom stereocenters. The van der Waals surface area contributed by atoms with E-state index in [1.165, 1.54) is 25.2 Å². The molecule has 170 valence electrons. The smallest absolute Gasteiger partial charge is 0.256 e. The number of fused-ring (bicyclic) bond motifs is 1. The van der Waals surface area contributed by atoms with Crippen LogP contribution in [0, 0.1) is 0 Å². The fourth-order valence-corrected chi connectivity index (χ4v) is 5.51. The third kappa shape index (κ3) is 3.65. The van der Waals surface area contributed by atoms with E-state index in [0.717, 1.165) is 20.9 Å². The zero-order chi connectivity index (χ0) is 22.7. The Bertz CT molecular complexity index is 1460. The van der Waals surface area contributed by atoms with E-state index in [0.29, 0.717) is 47.8 Å². The molecule has 10 nitrogen and oxygen atoms in total. The summed E-state index contributed by atoms with van der Waals surface area (Å²) < 4.78 is 28.1. The summed E-state index contributed by atoms with van der Waals surface area (Å²) in [4.78, 5) is 18.2. The zero-order valence-electron chi connectivity index (χ0n) is 18.4. The Morgan fingerprint density at radius 1 is 1.06 bits per heavy atom. The van der Waals surface area contributed by atoms with E-state index in [9.17, 15) is 8.42 Å². The molecular formula is C22H24N8O2S. The van der Waals surface area contributed by atoms with E-state index in [-0.39, 0.29) is 5.25 Å². The lowest BCUT2D eigenvalue weighted by molar-refractivity contribution is 0.578. The molecule has 2 aliphatic rings. The van der Waals surface area contributed by atoms with Gasteiger partial charge in [0.15, 0.2) is 5.82 Å². The lowest BCUT2D eigenvalue weighted by Gasteiger charge is -2.13. The van der Waals surface area contributed by atoms with Crippen molar-refractivity contribution in [3.8, 4) is 11.4 Å². The fraction of sp³-hybridized carbons (Fsp3) is 0.409. The predicted molar refractivity (Wildman–Crippen MR) is 124 cm³/mol. The molecule has 2 aliphatic carbocycles. The van der Waals surface area contributed by atoms with Crippen LogP contribution in [0.3, 0.4) is 0 Å². The molecule has 0 aliphatic heterocycles. The Morgan fingerprint density at radius 3 is 2.61 bits per heavy atom. The summed E-state index contributed by atoms with van der Waals surface area (Å²) in [5.74, 6) is 3.29. The van der Waals surface area contributed by atoms with Crippen molar-refractivity contribution < 1.29 is 8.42 Å². The van der Waals surface area contributed by atoms with Crippen LogP contribution in [0.15, 0.2) is 36.9 Å². The van der Waals surface area contributed by atoms with Gasteiger partial charge in [-0.05, 0) is 45.6 Å². The molecule has 0 amide bonds. The van der Waals surface area contributed by atoms with Gasteiger partial charge < -0.3 is 9.88 Å². The maximum atomic E-state index is 12.4. The third-order valence-corrected chi connectivity index (χ3v) is 8.03. The number of pyridine rings is 1. The molecular weight excluding hydrogens is 440 g/mol. The summed E-state index contributed by atoms with van der Waals surface area (Å²) in [6.07, 6.45) is 10.1. The van der Waals surface area contributed by atoms with Crippen molar-refractivity contribution in [3.05, 3.63) is 42.7 Å². The van der Waals surface area contributed by atoms with Crippen LogP contribution >= 0.6 is 0 Å². The Hall–Kier alpha value is -3.34. The van der Waals surface area contributed by atoms with E-state index in [1.807, 2.05) is 6.07 Å². The molecule has 0 aromatic carbocycles. The molecule has 0 saturated heterocycles. The van der Waals surface area contributed by atoms with Gasteiger partial charge in [-0.2, -0.15) is 9.19 Å². The van der Waals surface area contributed by atoms with Crippen LogP contribution in [-0.2, 0) is 10.0 Å². The minimum absolute atomic E-state index is 0.301. The summed E-state index contributed by atoms with van der Waals surface area (Å²) in [6.45, 7) is 4.33. The molecule has 4 heterocycles. The predicted octanol–water partition coefficient (Wildman–Crippen LogP) is 3.63. The van der Waals surface area contributed by atoms with Crippen molar-refractivity contribution in [2.75, 3.05) is 5.32 Å². The minimum Gasteiger partial charge on any atom is -0.325 e. The first-order valence-corrected chi connectivity index (χ1v) is 12.7. The van der Waals surface area contributed by atoms with Gasteiger partial charge in [0.05, 0.1) is 34.9 Å². The number of imidazole rings is 1. The second-order valence-electron chi connectivity index (χ2n) is 9.00. The number of rotatable bonds is 7. The van der Waals surface area contributed by atoms with Crippen molar-refractivity contribution in [2.45, 2.75) is 56.7 Å². The molecule has 6 rings (SSSR count). The number of nitrogens with zero attached hydrogens (tertiary/aromatic N) is 7. The Kier molecular flexibility index (Phi) is 4.51. The normalized spacial score (nSPS) is 16.6. The van der Waals surface area contributed by atoms with E-state index < -0.39 is 10.0 Å². The number of aromatic nitrogens is 7. The maximum Gasteiger partial charge on any atom is 0.256 e. The first-order chi connectivity index (χ1) is 15.9. The highest BCUT2D eigenvalue weighted by Gasteiger charge is 2.37. The number of anilines is 2. The molecule has 0 spiro atoms. The van der Waals surface area contributed by atoms with Gasteiger partial charge in [0.1, 0.15) is 23.0 Å². The van der Waals surface area contributed by atoms with Crippen LogP contribution in [-0.4, -0.2) is 47.4 Å². The first-order valence-electron chi connectivity index (χ1n) is 11.2. The van der Waals surface area contributed by atoms with Crippen LogP contribution in [0.2, 0.25) is 0 Å². The van der Waals surface area contributed by atoms with Crippen LogP contribution in [0.5, 0.6) is 0 Å². The van der Waals surface area contributed by atoms with E-state index in [1.54, 1.807) is 18.5 Å². The molecule has 0 bridgehead atoms. The molecule has 11 heteroatoms. The molecule has 4 aromatic heterocycles. The summed E-state index contributed by atoms with van der Waals surface area (Å²) in [5, 5.41) is 6.94. The van der Waals surface area contributed by atoms with Gasteiger partial charge in [-0.1, -0.05) is 0 Å². The van der Waals surface area contributed by atoms with Crippen LogP contribution in [0.25, 0.3) is 22.4 Å². The maximum absolute atomic E-state index is 12.4. The zero-order valence-corrected chi connectivity index (χ0v) is 19.2. The average Bonchev–Trinajstić information content (AvgIpc) is 3.72. The van der Waals surface area contributed by atoms with Gasteiger partial charge in [0, 0.05) is 24.2 Å². The fourth-order valence-electron chi connectivity index (χ4n) is 4.03. The van der Waals surface area contributed by atoms with Crippen LogP contribution < -0.4 is 5.32 Å². The summed E-state index contributed by atoms with van der Waals surface area (Å²) >= 11 is 0. The largest absolute Gasteiger partial charge is 0.325 e. The second-order valence-corrected chi connectivity index (χ2v) is 11.1. The average molecular weight is 465 g/mol. The molecule has 0 unspecified atom stereocenters. The van der Waals surface area contributed by atoms with Crippen LogP contribution in [0.4, 0.5) is 11.6 Å². The Labute approximate surface area is 191 Å². The quantitative estimate of drug-likeness (QED) is 0.440. The first kappa shape index (κ1) is 20.3. The van der Waals surface area contributed by atoms with Crippen molar-refractivity contribution in [1.29, 1.82) is 0 Å². The lowest BCUT2D eigenvalue weighted by Crippen LogP contribution is -2.17. The van der Waals surface area contributed by atoms with E-state index in [4.69, 9.17) is 4.98 Å². The highest BCUT2D eigenvalue weighted by molar-refractivity contribution is 7.90. The van der Waals surface area contributed by atoms with Crippen LogP contribution in [0.1, 0.15) is 57.3 Å². The Morgan fingerprint density at radius 2 is 1.88 bits per heavy atom. The van der Waals surface area contributed by atoms with Gasteiger partial charge in [0.25, 0.3) is 10.0 Å².